The van der Waals surface area contributed by atoms with E-state index >= 15 is 0 Å². The zero-order chi connectivity index (χ0) is 9.61. The highest BCUT2D eigenvalue weighted by molar-refractivity contribution is 4.90. The maximum absolute atomic E-state index is 5.39. The molecule has 2 heteroatoms. The van der Waals surface area contributed by atoms with Crippen molar-refractivity contribution in [1.29, 1.82) is 0 Å². The fourth-order valence-corrected chi connectivity index (χ4v) is 1.17. The molecular formula is C10H21NO. The molecule has 0 aliphatic rings. The van der Waals surface area contributed by atoms with Crippen LogP contribution < -0.4 is 5.32 Å². The second-order valence-electron chi connectivity index (χ2n) is 3.44. The maximum Gasteiger partial charge on any atom is 0.0778 e. The Kier molecular flexibility index (Phi) is 5.18. The standard InChI is InChI=1S/C10H21NO/c1-6-8-9(11-7-2)10(3,4)12-5/h6,9,11H,1,7-8H2,2-5H3. The van der Waals surface area contributed by atoms with Crippen LogP contribution in [-0.4, -0.2) is 25.3 Å². The van der Waals surface area contributed by atoms with E-state index in [1.54, 1.807) is 7.11 Å². The summed E-state index contributed by atoms with van der Waals surface area (Å²) in [5.41, 5.74) is -0.121. The minimum atomic E-state index is -0.121. The van der Waals surface area contributed by atoms with Crippen LogP contribution in [0.5, 0.6) is 0 Å². The van der Waals surface area contributed by atoms with Crippen molar-refractivity contribution in [3.8, 4) is 0 Å². The SMILES string of the molecule is C=CCC(NCC)C(C)(C)OC. The summed E-state index contributed by atoms with van der Waals surface area (Å²) in [6.07, 6.45) is 2.86. The number of likely N-dealkylation sites (N-methyl/N-ethyl adjacent to an activating group) is 1. The fraction of sp³-hybridized carbons (Fsp3) is 0.800. The molecule has 0 aliphatic heterocycles. The Balaban J connectivity index is 4.15. The summed E-state index contributed by atoms with van der Waals surface area (Å²) in [5, 5.41) is 3.38. The predicted molar refractivity (Wildman–Crippen MR) is 53.4 cm³/mol. The molecule has 0 heterocycles. The predicted octanol–water partition coefficient (Wildman–Crippen LogP) is 1.97. The second kappa shape index (κ2) is 5.33. The number of hydrogen-bond donors (Lipinski definition) is 1. The molecule has 0 rings (SSSR count). The third kappa shape index (κ3) is 3.37. The van der Waals surface area contributed by atoms with E-state index in [9.17, 15) is 0 Å². The maximum atomic E-state index is 5.39. The first kappa shape index (κ1) is 11.7. The Bertz CT molecular complexity index is 132. The highest BCUT2D eigenvalue weighted by Gasteiger charge is 2.26. The van der Waals surface area contributed by atoms with Gasteiger partial charge in [-0.05, 0) is 26.8 Å². The largest absolute Gasteiger partial charge is 0.377 e. The van der Waals surface area contributed by atoms with Gasteiger partial charge in [0.25, 0.3) is 0 Å². The van der Waals surface area contributed by atoms with Crippen LogP contribution >= 0.6 is 0 Å². The lowest BCUT2D eigenvalue weighted by Crippen LogP contribution is -2.47. The molecule has 0 aromatic rings. The molecule has 12 heavy (non-hydrogen) atoms. The van der Waals surface area contributed by atoms with Crippen LogP contribution in [0.4, 0.5) is 0 Å². The third-order valence-electron chi connectivity index (χ3n) is 2.22. The lowest BCUT2D eigenvalue weighted by molar-refractivity contribution is -0.00884. The van der Waals surface area contributed by atoms with E-state index in [0.717, 1.165) is 13.0 Å². The minimum absolute atomic E-state index is 0.121. The molecule has 0 saturated heterocycles. The molecule has 0 amide bonds. The van der Waals surface area contributed by atoms with Crippen LogP contribution in [-0.2, 0) is 4.74 Å². The summed E-state index contributed by atoms with van der Waals surface area (Å²) in [7, 11) is 1.74. The normalized spacial score (nSPS) is 14.3. The van der Waals surface area contributed by atoms with E-state index < -0.39 is 0 Å². The Morgan fingerprint density at radius 3 is 2.50 bits per heavy atom. The molecule has 0 saturated carbocycles. The number of nitrogens with one attached hydrogen (secondary N) is 1. The zero-order valence-electron chi connectivity index (χ0n) is 8.68. The monoisotopic (exact) mass is 171 g/mol. The Labute approximate surface area is 76.0 Å². The highest BCUT2D eigenvalue weighted by atomic mass is 16.5. The van der Waals surface area contributed by atoms with Gasteiger partial charge in [-0.3, -0.25) is 0 Å². The smallest absolute Gasteiger partial charge is 0.0778 e. The summed E-state index contributed by atoms with van der Waals surface area (Å²) in [6.45, 7) is 11.0. The molecule has 0 bridgehead atoms. The van der Waals surface area contributed by atoms with Gasteiger partial charge in [0.15, 0.2) is 0 Å². The molecule has 72 valence electrons. The van der Waals surface area contributed by atoms with Crippen LogP contribution in [0.3, 0.4) is 0 Å². The van der Waals surface area contributed by atoms with Gasteiger partial charge in [0.1, 0.15) is 0 Å². The Hall–Kier alpha value is -0.340. The first-order chi connectivity index (χ1) is 5.58. The van der Waals surface area contributed by atoms with Crippen LogP contribution in [0.15, 0.2) is 12.7 Å². The van der Waals surface area contributed by atoms with Gasteiger partial charge in [-0.1, -0.05) is 13.0 Å². The van der Waals surface area contributed by atoms with Gasteiger partial charge < -0.3 is 10.1 Å². The molecule has 2 nitrogen and oxygen atoms in total. The Morgan fingerprint density at radius 1 is 1.58 bits per heavy atom. The van der Waals surface area contributed by atoms with E-state index in [4.69, 9.17) is 4.74 Å². The second-order valence-corrected chi connectivity index (χ2v) is 3.44. The summed E-state index contributed by atoms with van der Waals surface area (Å²) in [6, 6.07) is 0.352. The molecule has 0 radical (unpaired) electrons. The average Bonchev–Trinajstić information content (AvgIpc) is 2.04. The average molecular weight is 171 g/mol. The van der Waals surface area contributed by atoms with Gasteiger partial charge in [-0.25, -0.2) is 0 Å². The Morgan fingerprint density at radius 2 is 2.17 bits per heavy atom. The van der Waals surface area contributed by atoms with Crippen molar-refractivity contribution >= 4 is 0 Å². The molecule has 0 aliphatic carbocycles. The summed E-state index contributed by atoms with van der Waals surface area (Å²) in [5.74, 6) is 0. The number of methoxy groups -OCH3 is 1. The lowest BCUT2D eigenvalue weighted by atomic mass is 9.95. The van der Waals surface area contributed by atoms with Crippen molar-refractivity contribution in [3.05, 3.63) is 12.7 Å². The van der Waals surface area contributed by atoms with Crippen molar-refractivity contribution in [1.82, 2.24) is 5.32 Å². The lowest BCUT2D eigenvalue weighted by Gasteiger charge is -2.33. The molecule has 0 aromatic carbocycles. The summed E-state index contributed by atoms with van der Waals surface area (Å²) in [4.78, 5) is 0. The summed E-state index contributed by atoms with van der Waals surface area (Å²) < 4.78 is 5.39. The van der Waals surface area contributed by atoms with Crippen molar-refractivity contribution in [2.24, 2.45) is 0 Å². The van der Waals surface area contributed by atoms with Crippen LogP contribution in [0.1, 0.15) is 27.2 Å². The van der Waals surface area contributed by atoms with Gasteiger partial charge >= 0.3 is 0 Å². The molecule has 1 N–H and O–H groups in total. The number of ether oxygens (including phenoxy) is 1. The van der Waals surface area contributed by atoms with E-state index in [1.807, 2.05) is 6.08 Å². The summed E-state index contributed by atoms with van der Waals surface area (Å²) >= 11 is 0. The molecule has 0 spiro atoms. The van der Waals surface area contributed by atoms with Gasteiger partial charge in [-0.2, -0.15) is 0 Å². The van der Waals surface area contributed by atoms with Crippen molar-refractivity contribution in [3.63, 3.8) is 0 Å². The third-order valence-corrected chi connectivity index (χ3v) is 2.22. The molecule has 0 aromatic heterocycles. The topological polar surface area (TPSA) is 21.3 Å². The van der Waals surface area contributed by atoms with E-state index in [0.29, 0.717) is 6.04 Å². The molecule has 1 unspecified atom stereocenters. The van der Waals surface area contributed by atoms with E-state index in [-0.39, 0.29) is 5.60 Å². The van der Waals surface area contributed by atoms with Crippen molar-refractivity contribution in [2.45, 2.75) is 38.8 Å². The van der Waals surface area contributed by atoms with Crippen LogP contribution in [0, 0.1) is 0 Å². The molecule has 1 atom stereocenters. The minimum Gasteiger partial charge on any atom is -0.377 e. The van der Waals surface area contributed by atoms with Crippen molar-refractivity contribution < 1.29 is 4.74 Å². The zero-order valence-corrected chi connectivity index (χ0v) is 8.68. The van der Waals surface area contributed by atoms with Crippen LogP contribution in [0.25, 0.3) is 0 Å². The molecular weight excluding hydrogens is 150 g/mol. The van der Waals surface area contributed by atoms with Crippen molar-refractivity contribution in [2.75, 3.05) is 13.7 Å². The quantitative estimate of drug-likeness (QED) is 0.617. The number of hydrogen-bond acceptors (Lipinski definition) is 2. The first-order valence-corrected chi connectivity index (χ1v) is 4.48. The number of rotatable bonds is 6. The highest BCUT2D eigenvalue weighted by Crippen LogP contribution is 2.16. The fourth-order valence-electron chi connectivity index (χ4n) is 1.17. The van der Waals surface area contributed by atoms with E-state index in [1.165, 1.54) is 0 Å². The molecule has 0 fully saturated rings. The van der Waals surface area contributed by atoms with Gasteiger partial charge in [-0.15, -0.1) is 6.58 Å². The van der Waals surface area contributed by atoms with Gasteiger partial charge in [0.2, 0.25) is 0 Å². The van der Waals surface area contributed by atoms with Gasteiger partial charge in [0.05, 0.1) is 5.60 Å². The van der Waals surface area contributed by atoms with Gasteiger partial charge in [0, 0.05) is 13.2 Å². The van der Waals surface area contributed by atoms with Crippen LogP contribution in [0.2, 0.25) is 0 Å². The van der Waals surface area contributed by atoms with E-state index in [2.05, 4.69) is 32.7 Å². The first-order valence-electron chi connectivity index (χ1n) is 4.48.